The van der Waals surface area contributed by atoms with Gasteiger partial charge < -0.3 is 5.11 Å². The van der Waals surface area contributed by atoms with Crippen LogP contribution in [0.2, 0.25) is 0 Å². The zero-order valence-corrected chi connectivity index (χ0v) is 15.6. The number of anilines is 1. The van der Waals surface area contributed by atoms with Gasteiger partial charge in [-0.3, -0.25) is 9.59 Å². The van der Waals surface area contributed by atoms with Crippen LogP contribution in [0.3, 0.4) is 0 Å². The van der Waals surface area contributed by atoms with E-state index >= 15 is 0 Å². The lowest BCUT2D eigenvalue weighted by atomic mass is 10.1. The van der Waals surface area contributed by atoms with E-state index in [1.165, 1.54) is 29.2 Å². The number of halogens is 1. The molecule has 0 fully saturated rings. The number of aliphatic hydroxyl groups excluding tert-OH is 1. The number of fused-ring (bicyclic) bond motifs is 1. The molecule has 0 bridgehead atoms. The SMILES string of the molecule is O=C1C(SCCO)=C(c2ccc(F)cc2)C(=O)N1c1cccc2ccccc12. The van der Waals surface area contributed by atoms with E-state index in [0.717, 1.165) is 22.5 Å². The molecule has 0 radical (unpaired) electrons. The van der Waals surface area contributed by atoms with E-state index in [9.17, 15) is 19.1 Å². The van der Waals surface area contributed by atoms with Gasteiger partial charge in [0.1, 0.15) is 5.82 Å². The monoisotopic (exact) mass is 393 g/mol. The Hall–Kier alpha value is -2.96. The highest BCUT2D eigenvalue weighted by molar-refractivity contribution is 8.04. The van der Waals surface area contributed by atoms with Crippen molar-refractivity contribution in [1.82, 2.24) is 0 Å². The van der Waals surface area contributed by atoms with Crippen molar-refractivity contribution in [1.29, 1.82) is 0 Å². The summed E-state index contributed by atoms with van der Waals surface area (Å²) < 4.78 is 13.3. The second-order valence-corrected chi connectivity index (χ2v) is 7.33. The number of amides is 2. The maximum Gasteiger partial charge on any atom is 0.272 e. The predicted octanol–water partition coefficient (Wildman–Crippen LogP) is 3.99. The summed E-state index contributed by atoms with van der Waals surface area (Å²) in [6.45, 7) is -0.124. The summed E-state index contributed by atoms with van der Waals surface area (Å²) >= 11 is 1.13. The third-order valence-electron chi connectivity index (χ3n) is 4.52. The molecule has 3 aromatic rings. The predicted molar refractivity (Wildman–Crippen MR) is 109 cm³/mol. The minimum Gasteiger partial charge on any atom is -0.396 e. The van der Waals surface area contributed by atoms with Crippen molar-refractivity contribution in [2.45, 2.75) is 0 Å². The van der Waals surface area contributed by atoms with Crippen LogP contribution in [0, 0.1) is 5.82 Å². The van der Waals surface area contributed by atoms with Gasteiger partial charge in [0.25, 0.3) is 11.8 Å². The number of rotatable bonds is 5. The van der Waals surface area contributed by atoms with Gasteiger partial charge in [0.05, 0.1) is 22.8 Å². The Morgan fingerprint density at radius 3 is 2.36 bits per heavy atom. The first kappa shape index (κ1) is 18.4. The second kappa shape index (κ2) is 7.58. The Kier molecular flexibility index (Phi) is 4.98. The third kappa shape index (κ3) is 3.10. The van der Waals surface area contributed by atoms with E-state index in [4.69, 9.17) is 0 Å². The van der Waals surface area contributed by atoms with Crippen molar-refractivity contribution < 1.29 is 19.1 Å². The molecule has 4 rings (SSSR count). The van der Waals surface area contributed by atoms with Crippen molar-refractivity contribution in [3.63, 3.8) is 0 Å². The molecule has 0 aromatic heterocycles. The lowest BCUT2D eigenvalue weighted by molar-refractivity contribution is -0.119. The molecule has 28 heavy (non-hydrogen) atoms. The summed E-state index contributed by atoms with van der Waals surface area (Å²) in [5, 5.41) is 10.9. The smallest absolute Gasteiger partial charge is 0.272 e. The first-order valence-electron chi connectivity index (χ1n) is 8.72. The van der Waals surface area contributed by atoms with Gasteiger partial charge in [0.2, 0.25) is 0 Å². The van der Waals surface area contributed by atoms with Gasteiger partial charge in [0.15, 0.2) is 0 Å². The number of thioether (sulfide) groups is 1. The molecule has 6 heteroatoms. The van der Waals surface area contributed by atoms with Gasteiger partial charge in [-0.25, -0.2) is 9.29 Å². The summed E-state index contributed by atoms with van der Waals surface area (Å²) in [7, 11) is 0. The number of carbonyl (C=O) groups is 2. The molecular formula is C22H16FNO3S. The third-order valence-corrected chi connectivity index (χ3v) is 5.57. The van der Waals surface area contributed by atoms with E-state index in [0.29, 0.717) is 11.3 Å². The van der Waals surface area contributed by atoms with Crippen molar-refractivity contribution in [3.05, 3.63) is 83.0 Å². The van der Waals surface area contributed by atoms with Gasteiger partial charge in [0, 0.05) is 11.1 Å². The molecule has 0 saturated carbocycles. The van der Waals surface area contributed by atoms with Crippen LogP contribution in [-0.2, 0) is 9.59 Å². The fraction of sp³-hybridized carbons (Fsp3) is 0.0909. The molecule has 0 atom stereocenters. The summed E-state index contributed by atoms with van der Waals surface area (Å²) in [6, 6.07) is 18.5. The molecule has 1 aliphatic heterocycles. The van der Waals surface area contributed by atoms with Gasteiger partial charge in [-0.1, -0.05) is 48.5 Å². The highest BCUT2D eigenvalue weighted by Gasteiger charge is 2.40. The molecule has 3 aromatic carbocycles. The Bertz CT molecular complexity index is 1100. The average Bonchev–Trinajstić information content (AvgIpc) is 2.96. The van der Waals surface area contributed by atoms with Crippen LogP contribution in [0.1, 0.15) is 5.56 Å². The molecule has 1 N–H and O–H groups in total. The van der Waals surface area contributed by atoms with Crippen LogP contribution in [0.15, 0.2) is 71.6 Å². The van der Waals surface area contributed by atoms with E-state index in [2.05, 4.69) is 0 Å². The molecule has 4 nitrogen and oxygen atoms in total. The van der Waals surface area contributed by atoms with Crippen molar-refractivity contribution >= 4 is 45.6 Å². The Balaban J connectivity index is 1.85. The van der Waals surface area contributed by atoms with Gasteiger partial charge >= 0.3 is 0 Å². The van der Waals surface area contributed by atoms with Gasteiger partial charge in [-0.05, 0) is 29.1 Å². The van der Waals surface area contributed by atoms with Crippen molar-refractivity contribution in [2.24, 2.45) is 0 Å². The zero-order chi connectivity index (χ0) is 19.7. The quantitative estimate of drug-likeness (QED) is 0.666. The number of hydrogen-bond donors (Lipinski definition) is 1. The van der Waals surface area contributed by atoms with Crippen LogP contribution in [-0.4, -0.2) is 29.3 Å². The van der Waals surface area contributed by atoms with Gasteiger partial charge in [-0.15, -0.1) is 11.8 Å². The highest BCUT2D eigenvalue weighted by Crippen LogP contribution is 2.40. The molecule has 0 saturated heterocycles. The number of aliphatic hydroxyl groups is 1. The summed E-state index contributed by atoms with van der Waals surface area (Å²) in [5.41, 5.74) is 1.21. The molecular weight excluding hydrogens is 377 g/mol. The van der Waals surface area contributed by atoms with E-state index in [1.54, 1.807) is 12.1 Å². The molecule has 0 unspecified atom stereocenters. The van der Waals surface area contributed by atoms with Crippen molar-refractivity contribution in [2.75, 3.05) is 17.3 Å². The van der Waals surface area contributed by atoms with E-state index in [1.807, 2.05) is 30.3 Å². The first-order valence-corrected chi connectivity index (χ1v) is 9.71. The van der Waals surface area contributed by atoms with Crippen LogP contribution in [0.4, 0.5) is 10.1 Å². The number of carbonyl (C=O) groups excluding carboxylic acids is 2. The second-order valence-electron chi connectivity index (χ2n) is 6.23. The first-order chi connectivity index (χ1) is 13.6. The number of imide groups is 1. The summed E-state index contributed by atoms with van der Waals surface area (Å²) in [4.78, 5) is 27.9. The molecule has 0 aliphatic carbocycles. The number of hydrogen-bond acceptors (Lipinski definition) is 4. The summed E-state index contributed by atoms with van der Waals surface area (Å²) in [6.07, 6.45) is 0. The molecule has 1 aliphatic rings. The topological polar surface area (TPSA) is 57.6 Å². The van der Waals surface area contributed by atoms with Gasteiger partial charge in [-0.2, -0.15) is 0 Å². The average molecular weight is 393 g/mol. The molecule has 1 heterocycles. The Morgan fingerprint density at radius 1 is 0.893 bits per heavy atom. The molecule has 140 valence electrons. The summed E-state index contributed by atoms with van der Waals surface area (Å²) in [5.74, 6) is -1.02. The maximum atomic E-state index is 13.3. The van der Waals surface area contributed by atoms with Crippen LogP contribution < -0.4 is 4.90 Å². The minimum absolute atomic E-state index is 0.124. The van der Waals surface area contributed by atoms with Crippen molar-refractivity contribution in [3.8, 4) is 0 Å². The largest absolute Gasteiger partial charge is 0.396 e. The Morgan fingerprint density at radius 2 is 1.61 bits per heavy atom. The standard InChI is InChI=1S/C22H16FNO3S/c23-16-10-8-15(9-11-16)19-20(28-13-12-25)22(27)24(21(19)26)18-7-3-5-14-4-1-2-6-17(14)18/h1-11,25H,12-13H2. The lowest BCUT2D eigenvalue weighted by Crippen LogP contribution is -2.31. The number of benzene rings is 3. The normalized spacial score (nSPS) is 14.4. The van der Waals surface area contributed by atoms with E-state index in [-0.39, 0.29) is 22.8 Å². The zero-order valence-electron chi connectivity index (χ0n) is 14.8. The maximum absolute atomic E-state index is 13.3. The van der Waals surface area contributed by atoms with Crippen LogP contribution in [0.5, 0.6) is 0 Å². The fourth-order valence-electron chi connectivity index (χ4n) is 3.28. The fourth-order valence-corrected chi connectivity index (χ4v) is 4.14. The highest BCUT2D eigenvalue weighted by atomic mass is 32.2. The molecule has 2 amide bonds. The van der Waals surface area contributed by atoms with Crippen LogP contribution in [0.25, 0.3) is 16.3 Å². The minimum atomic E-state index is -0.451. The lowest BCUT2D eigenvalue weighted by Gasteiger charge is -2.17. The Labute approximate surface area is 165 Å². The van der Waals surface area contributed by atoms with Crippen LogP contribution >= 0.6 is 11.8 Å². The number of nitrogens with zero attached hydrogens (tertiary/aromatic N) is 1. The molecule has 0 spiro atoms. The van der Waals surface area contributed by atoms with E-state index < -0.39 is 17.6 Å².